The largest absolute Gasteiger partial charge is 0.497 e. The molecule has 0 bridgehead atoms. The number of methoxy groups -OCH3 is 1. The van der Waals surface area contributed by atoms with Crippen molar-refractivity contribution in [2.24, 2.45) is 5.92 Å². The summed E-state index contributed by atoms with van der Waals surface area (Å²) < 4.78 is 5.13. The van der Waals surface area contributed by atoms with Crippen molar-refractivity contribution in [3.8, 4) is 5.75 Å². The topological polar surface area (TPSA) is 29.5 Å². The summed E-state index contributed by atoms with van der Waals surface area (Å²) in [5.74, 6) is 1.88. The van der Waals surface area contributed by atoms with Gasteiger partial charge in [0, 0.05) is 11.6 Å². The van der Waals surface area contributed by atoms with E-state index in [1.807, 2.05) is 24.3 Å². The summed E-state index contributed by atoms with van der Waals surface area (Å²) in [6, 6.07) is 8.12. The molecule has 20 heavy (non-hydrogen) atoms. The maximum absolute atomic E-state index is 12.4. The number of ether oxygens (including phenoxy) is 1. The number of fused-ring (bicyclic) bond motifs is 1. The van der Waals surface area contributed by atoms with Crippen LogP contribution in [-0.4, -0.2) is 36.9 Å². The standard InChI is InChI=1S/C17H23NO2/c1-20-15-8-6-14(7-9-15)17(19)12-18-11-10-13-4-2-3-5-16(13)18/h6-9,13,16H,2-5,10-12H2,1H3. The molecule has 0 amide bonds. The highest BCUT2D eigenvalue weighted by Crippen LogP contribution is 2.36. The maximum atomic E-state index is 12.4. The Hall–Kier alpha value is -1.35. The third-order valence-electron chi connectivity index (χ3n) is 4.88. The van der Waals surface area contributed by atoms with E-state index in [4.69, 9.17) is 4.74 Å². The normalized spacial score (nSPS) is 26.2. The molecule has 1 saturated heterocycles. The molecule has 1 aliphatic carbocycles. The van der Waals surface area contributed by atoms with Gasteiger partial charge in [-0.05, 0) is 56.0 Å². The molecule has 3 heteroatoms. The van der Waals surface area contributed by atoms with Gasteiger partial charge in [-0.25, -0.2) is 0 Å². The van der Waals surface area contributed by atoms with Crippen LogP contribution in [0.3, 0.4) is 0 Å². The lowest BCUT2D eigenvalue weighted by Gasteiger charge is -2.31. The van der Waals surface area contributed by atoms with Crippen LogP contribution in [0.15, 0.2) is 24.3 Å². The fourth-order valence-electron chi connectivity index (χ4n) is 3.75. The summed E-state index contributed by atoms with van der Waals surface area (Å²) in [5.41, 5.74) is 0.796. The van der Waals surface area contributed by atoms with Crippen molar-refractivity contribution in [3.05, 3.63) is 29.8 Å². The Morgan fingerprint density at radius 3 is 2.70 bits per heavy atom. The molecule has 0 spiro atoms. The number of benzene rings is 1. The quantitative estimate of drug-likeness (QED) is 0.789. The fourth-order valence-corrected chi connectivity index (χ4v) is 3.75. The minimum atomic E-state index is 0.235. The summed E-state index contributed by atoms with van der Waals surface area (Å²) in [5, 5.41) is 0. The third kappa shape index (κ3) is 2.73. The van der Waals surface area contributed by atoms with Crippen molar-refractivity contribution in [1.82, 2.24) is 4.90 Å². The van der Waals surface area contributed by atoms with Gasteiger partial charge >= 0.3 is 0 Å². The summed E-state index contributed by atoms with van der Waals surface area (Å²) >= 11 is 0. The Labute approximate surface area is 120 Å². The molecule has 1 aliphatic heterocycles. The SMILES string of the molecule is COc1ccc(C(=O)CN2CCC3CCCCC32)cc1. The average Bonchev–Trinajstić information content (AvgIpc) is 2.91. The van der Waals surface area contributed by atoms with Gasteiger partial charge in [-0.3, -0.25) is 9.69 Å². The van der Waals surface area contributed by atoms with E-state index in [9.17, 15) is 4.79 Å². The van der Waals surface area contributed by atoms with Crippen LogP contribution < -0.4 is 4.74 Å². The van der Waals surface area contributed by atoms with Crippen LogP contribution in [0.5, 0.6) is 5.75 Å². The van der Waals surface area contributed by atoms with Crippen molar-refractivity contribution in [3.63, 3.8) is 0 Å². The van der Waals surface area contributed by atoms with Gasteiger partial charge in [0.2, 0.25) is 0 Å². The Kier molecular flexibility index (Phi) is 4.06. The molecular formula is C17H23NO2. The van der Waals surface area contributed by atoms with E-state index >= 15 is 0 Å². The van der Waals surface area contributed by atoms with E-state index < -0.39 is 0 Å². The molecule has 2 unspecified atom stereocenters. The number of rotatable bonds is 4. The molecule has 1 aromatic carbocycles. The minimum absolute atomic E-state index is 0.235. The van der Waals surface area contributed by atoms with Crippen molar-refractivity contribution < 1.29 is 9.53 Å². The maximum Gasteiger partial charge on any atom is 0.176 e. The number of hydrogen-bond acceptors (Lipinski definition) is 3. The van der Waals surface area contributed by atoms with Crippen molar-refractivity contribution >= 4 is 5.78 Å². The predicted molar refractivity (Wildman–Crippen MR) is 79.3 cm³/mol. The molecule has 108 valence electrons. The number of Topliss-reactive ketones (excluding diaryl/α,β-unsaturated/α-hetero) is 1. The number of nitrogens with zero attached hydrogens (tertiary/aromatic N) is 1. The van der Waals surface area contributed by atoms with E-state index in [0.29, 0.717) is 12.6 Å². The summed E-state index contributed by atoms with van der Waals surface area (Å²) in [6.45, 7) is 1.67. The highest BCUT2D eigenvalue weighted by Gasteiger charge is 2.36. The summed E-state index contributed by atoms with van der Waals surface area (Å²) in [7, 11) is 1.64. The van der Waals surface area contributed by atoms with Crippen molar-refractivity contribution in [2.75, 3.05) is 20.2 Å². The second-order valence-electron chi connectivity index (χ2n) is 6.02. The summed E-state index contributed by atoms with van der Waals surface area (Å²) in [4.78, 5) is 14.8. The molecule has 0 aromatic heterocycles. The third-order valence-corrected chi connectivity index (χ3v) is 4.88. The van der Waals surface area contributed by atoms with E-state index in [1.54, 1.807) is 7.11 Å². The van der Waals surface area contributed by atoms with Crippen LogP contribution in [0.4, 0.5) is 0 Å². The molecule has 3 rings (SSSR count). The molecule has 0 N–H and O–H groups in total. The van der Waals surface area contributed by atoms with Crippen molar-refractivity contribution in [2.45, 2.75) is 38.1 Å². The highest BCUT2D eigenvalue weighted by atomic mass is 16.5. The number of likely N-dealkylation sites (tertiary alicyclic amines) is 1. The number of hydrogen-bond donors (Lipinski definition) is 0. The predicted octanol–water partition coefficient (Wildman–Crippen LogP) is 3.14. The van der Waals surface area contributed by atoms with E-state index in [0.717, 1.165) is 23.8 Å². The molecular weight excluding hydrogens is 250 g/mol. The molecule has 0 radical (unpaired) electrons. The average molecular weight is 273 g/mol. The van der Waals surface area contributed by atoms with Gasteiger partial charge < -0.3 is 4.74 Å². The molecule has 2 aliphatic rings. The van der Waals surface area contributed by atoms with E-state index in [1.165, 1.54) is 32.1 Å². The highest BCUT2D eigenvalue weighted by molar-refractivity contribution is 5.97. The lowest BCUT2D eigenvalue weighted by Crippen LogP contribution is -2.38. The molecule has 3 nitrogen and oxygen atoms in total. The van der Waals surface area contributed by atoms with Gasteiger partial charge in [0.15, 0.2) is 5.78 Å². The first-order valence-electron chi connectivity index (χ1n) is 7.69. The van der Waals surface area contributed by atoms with Gasteiger partial charge in [-0.1, -0.05) is 12.8 Å². The van der Waals surface area contributed by atoms with Gasteiger partial charge in [0.05, 0.1) is 13.7 Å². The zero-order valence-electron chi connectivity index (χ0n) is 12.2. The lowest BCUT2D eigenvalue weighted by atomic mass is 9.85. The first-order valence-corrected chi connectivity index (χ1v) is 7.69. The number of ketones is 1. The number of carbonyl (C=O) groups is 1. The first-order chi connectivity index (χ1) is 9.78. The van der Waals surface area contributed by atoms with Crippen LogP contribution in [0.1, 0.15) is 42.5 Å². The van der Waals surface area contributed by atoms with Gasteiger partial charge in [0.1, 0.15) is 5.75 Å². The second-order valence-corrected chi connectivity index (χ2v) is 6.02. The van der Waals surface area contributed by atoms with Crippen LogP contribution >= 0.6 is 0 Å². The molecule has 1 saturated carbocycles. The number of carbonyl (C=O) groups excluding carboxylic acids is 1. The minimum Gasteiger partial charge on any atom is -0.497 e. The van der Waals surface area contributed by atoms with Crippen LogP contribution in [-0.2, 0) is 0 Å². The second kappa shape index (κ2) is 5.96. The first kappa shape index (κ1) is 13.6. The van der Waals surface area contributed by atoms with Crippen LogP contribution in [0.25, 0.3) is 0 Å². The van der Waals surface area contributed by atoms with Gasteiger partial charge in [0.25, 0.3) is 0 Å². The smallest absolute Gasteiger partial charge is 0.176 e. The lowest BCUT2D eigenvalue weighted by molar-refractivity contribution is 0.0896. The van der Waals surface area contributed by atoms with E-state index in [-0.39, 0.29) is 5.78 Å². The van der Waals surface area contributed by atoms with Crippen LogP contribution in [0.2, 0.25) is 0 Å². The fraction of sp³-hybridized carbons (Fsp3) is 0.588. The molecule has 2 atom stereocenters. The zero-order chi connectivity index (χ0) is 13.9. The monoisotopic (exact) mass is 273 g/mol. The molecule has 2 fully saturated rings. The van der Waals surface area contributed by atoms with Gasteiger partial charge in [-0.2, -0.15) is 0 Å². The molecule has 1 heterocycles. The van der Waals surface area contributed by atoms with E-state index in [2.05, 4.69) is 4.90 Å². The summed E-state index contributed by atoms with van der Waals surface area (Å²) in [6.07, 6.45) is 6.62. The van der Waals surface area contributed by atoms with Crippen molar-refractivity contribution in [1.29, 1.82) is 0 Å². The Bertz CT molecular complexity index is 468. The van der Waals surface area contributed by atoms with Gasteiger partial charge in [-0.15, -0.1) is 0 Å². The Morgan fingerprint density at radius 1 is 1.20 bits per heavy atom. The zero-order valence-corrected chi connectivity index (χ0v) is 12.2. The Balaban J connectivity index is 1.63. The van der Waals surface area contributed by atoms with Crippen LogP contribution in [0, 0.1) is 5.92 Å². The molecule has 1 aromatic rings. The Morgan fingerprint density at radius 2 is 1.95 bits per heavy atom.